The van der Waals surface area contributed by atoms with E-state index in [1.807, 2.05) is 0 Å². The highest BCUT2D eigenvalue weighted by atomic mass is 35.5. The lowest BCUT2D eigenvalue weighted by atomic mass is 9.53. The van der Waals surface area contributed by atoms with Crippen LogP contribution < -0.4 is 10.1 Å². The smallest absolute Gasteiger partial charge is 0.138 e. The van der Waals surface area contributed by atoms with E-state index in [0.29, 0.717) is 22.3 Å². The number of hydrogen-bond acceptors (Lipinski definition) is 3. The molecule has 4 fully saturated rings. The summed E-state index contributed by atoms with van der Waals surface area (Å²) in [6.45, 7) is 0.818. The third kappa shape index (κ3) is 3.55. The number of benzene rings is 1. The first-order chi connectivity index (χ1) is 11.5. The Morgan fingerprint density at radius 3 is 2.33 bits per heavy atom. The fourth-order valence-electron chi connectivity index (χ4n) is 5.50. The fourth-order valence-corrected chi connectivity index (χ4v) is 5.96. The summed E-state index contributed by atoms with van der Waals surface area (Å²) in [6, 6.07) is 5.13. The first kappa shape index (κ1) is 17.0. The van der Waals surface area contributed by atoms with E-state index in [0.717, 1.165) is 17.8 Å². The molecule has 0 radical (unpaired) electrons. The van der Waals surface area contributed by atoms with Crippen LogP contribution in [-0.2, 0) is 0 Å². The van der Waals surface area contributed by atoms with Crippen molar-refractivity contribution < 1.29 is 9.84 Å². The minimum atomic E-state index is -0.537. The van der Waals surface area contributed by atoms with E-state index < -0.39 is 6.10 Å². The lowest BCUT2D eigenvalue weighted by molar-refractivity contribution is -0.0266. The van der Waals surface area contributed by atoms with Gasteiger partial charge in [-0.3, -0.25) is 0 Å². The summed E-state index contributed by atoms with van der Waals surface area (Å²) in [7, 11) is 0. The van der Waals surface area contributed by atoms with E-state index in [4.69, 9.17) is 27.9 Å². The Balaban J connectivity index is 1.28. The molecule has 0 heterocycles. The summed E-state index contributed by atoms with van der Waals surface area (Å²) < 4.78 is 5.64. The van der Waals surface area contributed by atoms with Crippen LogP contribution in [0.15, 0.2) is 18.2 Å². The zero-order valence-electron chi connectivity index (χ0n) is 13.8. The Hall–Kier alpha value is -0.480. The molecule has 5 rings (SSSR count). The quantitative estimate of drug-likeness (QED) is 0.785. The van der Waals surface area contributed by atoms with Crippen molar-refractivity contribution in [1.82, 2.24) is 5.32 Å². The summed E-state index contributed by atoms with van der Waals surface area (Å²) >= 11 is 12.0. The second-order valence-corrected chi connectivity index (χ2v) is 8.96. The second kappa shape index (κ2) is 6.68. The highest BCUT2D eigenvalue weighted by molar-refractivity contribution is 6.35. The molecule has 3 nitrogen and oxygen atoms in total. The minimum absolute atomic E-state index is 0.237. The number of aliphatic hydroxyl groups excluding tert-OH is 1. The lowest BCUT2D eigenvalue weighted by Crippen LogP contribution is -2.59. The first-order valence-corrected chi connectivity index (χ1v) is 9.78. The zero-order valence-corrected chi connectivity index (χ0v) is 15.3. The van der Waals surface area contributed by atoms with Crippen molar-refractivity contribution in [2.75, 3.05) is 13.2 Å². The van der Waals surface area contributed by atoms with E-state index >= 15 is 0 Å². The van der Waals surface area contributed by atoms with Gasteiger partial charge in [0.15, 0.2) is 0 Å². The Bertz CT molecular complexity index is 572. The maximum Gasteiger partial charge on any atom is 0.138 e. The van der Waals surface area contributed by atoms with Crippen molar-refractivity contribution in [2.24, 2.45) is 17.8 Å². The highest BCUT2D eigenvalue weighted by Crippen LogP contribution is 2.55. The SMILES string of the molecule is O[C@@H](CNC12CC3CC(CC(C3)C1)C2)COc1ccc(Cl)cc1Cl. The van der Waals surface area contributed by atoms with Gasteiger partial charge < -0.3 is 15.2 Å². The third-order valence-corrected chi connectivity index (χ3v) is 6.61. The van der Waals surface area contributed by atoms with Crippen LogP contribution in [0.25, 0.3) is 0 Å². The molecule has 132 valence electrons. The number of hydrogen-bond donors (Lipinski definition) is 2. The summed E-state index contributed by atoms with van der Waals surface area (Å²) in [5, 5.41) is 15.1. The number of aliphatic hydroxyl groups is 1. The minimum Gasteiger partial charge on any atom is -0.489 e. The monoisotopic (exact) mass is 369 g/mol. The van der Waals surface area contributed by atoms with E-state index in [2.05, 4.69) is 5.32 Å². The van der Waals surface area contributed by atoms with Gasteiger partial charge in [-0.25, -0.2) is 0 Å². The predicted molar refractivity (Wildman–Crippen MR) is 96.9 cm³/mol. The van der Waals surface area contributed by atoms with E-state index in [1.165, 1.54) is 38.5 Å². The van der Waals surface area contributed by atoms with Crippen molar-refractivity contribution in [2.45, 2.75) is 50.2 Å². The van der Waals surface area contributed by atoms with Gasteiger partial charge >= 0.3 is 0 Å². The topological polar surface area (TPSA) is 41.5 Å². The summed E-state index contributed by atoms with van der Waals surface area (Å²) in [5.41, 5.74) is 0.271. The zero-order chi connectivity index (χ0) is 16.7. The normalized spacial score (nSPS) is 35.2. The van der Waals surface area contributed by atoms with Crippen LogP contribution in [0.2, 0.25) is 10.0 Å². The number of nitrogens with one attached hydrogen (secondary N) is 1. The highest BCUT2D eigenvalue weighted by Gasteiger charge is 2.50. The molecule has 0 aliphatic heterocycles. The van der Waals surface area contributed by atoms with Gasteiger partial charge in [-0.1, -0.05) is 23.2 Å². The molecule has 4 saturated carbocycles. The van der Waals surface area contributed by atoms with Gasteiger partial charge in [-0.05, 0) is 74.5 Å². The second-order valence-electron chi connectivity index (χ2n) is 8.12. The van der Waals surface area contributed by atoms with Crippen LogP contribution in [0.1, 0.15) is 38.5 Å². The summed E-state index contributed by atoms with van der Waals surface area (Å²) in [4.78, 5) is 0. The van der Waals surface area contributed by atoms with E-state index in [9.17, 15) is 5.11 Å². The summed E-state index contributed by atoms with van der Waals surface area (Å²) in [6.07, 6.45) is 7.62. The molecular formula is C19H25Cl2NO2. The molecule has 1 atom stereocenters. The Morgan fingerprint density at radius 2 is 1.75 bits per heavy atom. The van der Waals surface area contributed by atoms with Crippen LogP contribution in [-0.4, -0.2) is 29.9 Å². The van der Waals surface area contributed by atoms with Gasteiger partial charge in [0.05, 0.1) is 5.02 Å². The number of halogens is 2. The molecule has 4 bridgehead atoms. The standard InChI is InChI=1S/C19H25Cl2NO2/c20-15-1-2-18(17(21)6-15)24-11-16(23)10-22-19-7-12-3-13(8-19)5-14(4-12)9-19/h1-2,6,12-14,16,22-23H,3-5,7-11H2/t12?,13?,14?,16-,19?/m0/s1. The molecule has 0 amide bonds. The molecule has 4 aliphatic rings. The number of ether oxygens (including phenoxy) is 1. The Morgan fingerprint density at radius 1 is 1.12 bits per heavy atom. The molecule has 1 aromatic rings. The van der Waals surface area contributed by atoms with Crippen LogP contribution in [0, 0.1) is 17.8 Å². The molecule has 1 aromatic carbocycles. The van der Waals surface area contributed by atoms with Gasteiger partial charge in [-0.15, -0.1) is 0 Å². The van der Waals surface area contributed by atoms with Gasteiger partial charge in [-0.2, -0.15) is 0 Å². The van der Waals surface area contributed by atoms with Crippen LogP contribution >= 0.6 is 23.2 Å². The maximum absolute atomic E-state index is 10.3. The molecule has 2 N–H and O–H groups in total. The van der Waals surface area contributed by atoms with Crippen LogP contribution in [0.3, 0.4) is 0 Å². The lowest BCUT2D eigenvalue weighted by Gasteiger charge is -2.57. The van der Waals surface area contributed by atoms with Gasteiger partial charge in [0.2, 0.25) is 0 Å². The molecule has 5 heteroatoms. The molecule has 0 unspecified atom stereocenters. The van der Waals surface area contributed by atoms with Crippen molar-refractivity contribution in [3.05, 3.63) is 28.2 Å². The first-order valence-electron chi connectivity index (χ1n) is 9.02. The van der Waals surface area contributed by atoms with Gasteiger partial charge in [0.25, 0.3) is 0 Å². The average Bonchev–Trinajstić information content (AvgIpc) is 2.51. The molecule has 24 heavy (non-hydrogen) atoms. The largest absolute Gasteiger partial charge is 0.489 e. The van der Waals surface area contributed by atoms with Crippen molar-refractivity contribution in [3.8, 4) is 5.75 Å². The third-order valence-electron chi connectivity index (χ3n) is 6.08. The van der Waals surface area contributed by atoms with Crippen LogP contribution in [0.5, 0.6) is 5.75 Å². The van der Waals surface area contributed by atoms with Crippen molar-refractivity contribution >= 4 is 23.2 Å². The van der Waals surface area contributed by atoms with E-state index in [1.54, 1.807) is 18.2 Å². The van der Waals surface area contributed by atoms with Gasteiger partial charge in [0.1, 0.15) is 18.5 Å². The summed E-state index contributed by atoms with van der Waals surface area (Å²) in [5.74, 6) is 3.29. The average molecular weight is 370 g/mol. The molecule has 0 aromatic heterocycles. The molecule has 4 aliphatic carbocycles. The molecule has 0 spiro atoms. The number of β-amino-alcohol motifs (C(OH)–C–C–N with tert-alkyl or cyclic N) is 1. The Kier molecular flexibility index (Phi) is 4.72. The molecule has 0 saturated heterocycles. The van der Waals surface area contributed by atoms with E-state index in [-0.39, 0.29) is 12.1 Å². The van der Waals surface area contributed by atoms with Crippen molar-refractivity contribution in [1.29, 1.82) is 0 Å². The molecular weight excluding hydrogens is 345 g/mol. The fraction of sp³-hybridized carbons (Fsp3) is 0.684. The van der Waals surface area contributed by atoms with Crippen LogP contribution in [0.4, 0.5) is 0 Å². The predicted octanol–water partition coefficient (Wildman–Crippen LogP) is 4.29. The van der Waals surface area contributed by atoms with Crippen molar-refractivity contribution in [3.63, 3.8) is 0 Å². The van der Waals surface area contributed by atoms with Gasteiger partial charge in [0, 0.05) is 17.1 Å². The maximum atomic E-state index is 10.3. The number of rotatable bonds is 6. The Labute approximate surface area is 153 Å².